The lowest BCUT2D eigenvalue weighted by molar-refractivity contribution is 0.103. The van der Waals surface area contributed by atoms with Crippen molar-refractivity contribution in [3.05, 3.63) is 53.1 Å². The minimum atomic E-state index is -3.83. The second-order valence-electron chi connectivity index (χ2n) is 5.96. The maximum absolute atomic E-state index is 13.1. The van der Waals surface area contributed by atoms with Gasteiger partial charge in [0.15, 0.2) is 5.78 Å². The molecular formula is C19H21N3O4S. The molecule has 0 saturated carbocycles. The van der Waals surface area contributed by atoms with E-state index in [9.17, 15) is 13.2 Å². The molecule has 3 N–H and O–H groups in total. The van der Waals surface area contributed by atoms with Gasteiger partial charge in [-0.05, 0) is 43.3 Å². The average Bonchev–Trinajstić information content (AvgIpc) is 2.67. The number of carbonyl (C=O) groups is 1. The Morgan fingerprint density at radius 2 is 1.93 bits per heavy atom. The van der Waals surface area contributed by atoms with Crippen LogP contribution in [0.2, 0.25) is 0 Å². The van der Waals surface area contributed by atoms with E-state index < -0.39 is 9.84 Å². The van der Waals surface area contributed by atoms with Gasteiger partial charge in [0.2, 0.25) is 15.7 Å². The largest absolute Gasteiger partial charge is 0.481 e. The highest BCUT2D eigenvalue weighted by Gasteiger charge is 2.35. The number of carbonyl (C=O) groups excluding carboxylic acids is 1. The second-order valence-corrected chi connectivity index (χ2v) is 7.85. The molecule has 0 spiro atoms. The van der Waals surface area contributed by atoms with Gasteiger partial charge >= 0.3 is 0 Å². The molecule has 1 aliphatic rings. The number of anilines is 1. The molecule has 8 heteroatoms. The van der Waals surface area contributed by atoms with Crippen LogP contribution >= 0.6 is 0 Å². The van der Waals surface area contributed by atoms with Gasteiger partial charge < -0.3 is 15.8 Å². The van der Waals surface area contributed by atoms with Crippen LogP contribution in [0.3, 0.4) is 0 Å². The first-order valence-electron chi connectivity index (χ1n) is 8.54. The first-order chi connectivity index (χ1) is 12.9. The van der Waals surface area contributed by atoms with E-state index in [-0.39, 0.29) is 32.6 Å². The third kappa shape index (κ3) is 3.33. The molecule has 1 heterocycles. The number of ether oxygens (including phenoxy) is 1. The van der Waals surface area contributed by atoms with Crippen LogP contribution in [0.1, 0.15) is 28.4 Å². The summed E-state index contributed by atoms with van der Waals surface area (Å²) in [7, 11) is -2.38. The average molecular weight is 387 g/mol. The monoisotopic (exact) mass is 387 g/mol. The first kappa shape index (κ1) is 19.1. The Balaban J connectivity index is 2.15. The van der Waals surface area contributed by atoms with Gasteiger partial charge in [-0.1, -0.05) is 0 Å². The van der Waals surface area contributed by atoms with Crippen molar-refractivity contribution in [3.63, 3.8) is 0 Å². The number of hydrogen-bond donors (Lipinski definition) is 2. The highest BCUT2D eigenvalue weighted by atomic mass is 32.2. The lowest BCUT2D eigenvalue weighted by atomic mass is 10.0. The minimum Gasteiger partial charge on any atom is -0.481 e. The quantitative estimate of drug-likeness (QED) is 0.511. The molecule has 0 radical (unpaired) electrons. The number of methoxy groups -OCH3 is 1. The molecule has 0 unspecified atom stereocenters. The predicted molar refractivity (Wildman–Crippen MR) is 103 cm³/mol. The van der Waals surface area contributed by atoms with E-state index in [2.05, 4.69) is 10.3 Å². The molecule has 7 nitrogen and oxygen atoms in total. The molecule has 0 aliphatic carbocycles. The number of hydrogen-bond acceptors (Lipinski definition) is 7. The lowest BCUT2D eigenvalue weighted by Gasteiger charge is -2.20. The summed E-state index contributed by atoms with van der Waals surface area (Å²) >= 11 is 0. The Kier molecular flexibility index (Phi) is 5.29. The Morgan fingerprint density at radius 1 is 1.15 bits per heavy atom. The van der Waals surface area contributed by atoms with Crippen LogP contribution in [-0.4, -0.2) is 46.8 Å². The molecule has 2 aromatic rings. The lowest BCUT2D eigenvalue weighted by Crippen LogP contribution is -2.21. The summed E-state index contributed by atoms with van der Waals surface area (Å²) < 4.78 is 31.5. The molecule has 0 fully saturated rings. The van der Waals surface area contributed by atoms with Crippen LogP contribution in [0.4, 0.5) is 5.69 Å². The number of sulfone groups is 1. The van der Waals surface area contributed by atoms with Gasteiger partial charge in [0.05, 0.1) is 23.4 Å². The summed E-state index contributed by atoms with van der Waals surface area (Å²) in [6.45, 7) is 3.29. The number of fused-ring (bicyclic) bond motifs is 2. The van der Waals surface area contributed by atoms with Gasteiger partial charge in [0, 0.05) is 35.5 Å². The third-order valence-electron chi connectivity index (χ3n) is 4.24. The van der Waals surface area contributed by atoms with Crippen molar-refractivity contribution in [1.29, 1.82) is 0 Å². The van der Waals surface area contributed by atoms with Crippen molar-refractivity contribution in [1.82, 2.24) is 0 Å². The number of nitrogens with zero attached hydrogens (tertiary/aromatic N) is 1. The first-order valence-corrected chi connectivity index (χ1v) is 10.0. The molecule has 0 saturated heterocycles. The zero-order valence-corrected chi connectivity index (χ0v) is 16.0. The van der Waals surface area contributed by atoms with Gasteiger partial charge in [0.1, 0.15) is 0 Å². The van der Waals surface area contributed by atoms with Crippen LogP contribution in [0.25, 0.3) is 0 Å². The van der Waals surface area contributed by atoms with E-state index in [1.165, 1.54) is 25.3 Å². The fourth-order valence-electron chi connectivity index (χ4n) is 3.02. The fourth-order valence-corrected chi connectivity index (χ4v) is 4.68. The van der Waals surface area contributed by atoms with E-state index in [1.54, 1.807) is 18.2 Å². The molecule has 3 rings (SSSR count). The van der Waals surface area contributed by atoms with Crippen molar-refractivity contribution in [2.24, 2.45) is 10.7 Å². The molecule has 0 aromatic heterocycles. The summed E-state index contributed by atoms with van der Waals surface area (Å²) in [5.74, 6) is -0.0434. The predicted octanol–water partition coefficient (Wildman–Crippen LogP) is 1.85. The fraction of sp³-hybridized carbons (Fsp3) is 0.263. The number of nitrogens with one attached hydrogen (secondary N) is 1. The smallest absolute Gasteiger partial charge is 0.215 e. The van der Waals surface area contributed by atoms with Gasteiger partial charge in [-0.25, -0.2) is 13.4 Å². The highest BCUT2D eigenvalue weighted by Crippen LogP contribution is 2.36. The van der Waals surface area contributed by atoms with Gasteiger partial charge in [0.25, 0.3) is 0 Å². The summed E-state index contributed by atoms with van der Waals surface area (Å²) in [5, 5.41) is 3.09. The summed E-state index contributed by atoms with van der Waals surface area (Å²) in [5.41, 5.74) is 6.97. The van der Waals surface area contributed by atoms with Gasteiger partial charge in [-0.2, -0.15) is 0 Å². The maximum atomic E-state index is 13.1. The van der Waals surface area contributed by atoms with Crippen molar-refractivity contribution in [2.45, 2.75) is 16.7 Å². The molecule has 142 valence electrons. The molecule has 0 amide bonds. The summed E-state index contributed by atoms with van der Waals surface area (Å²) in [4.78, 5) is 17.1. The highest BCUT2D eigenvalue weighted by molar-refractivity contribution is 7.91. The Labute approximate surface area is 158 Å². The topological polar surface area (TPSA) is 111 Å². The van der Waals surface area contributed by atoms with E-state index >= 15 is 0 Å². The number of rotatable bonds is 5. The van der Waals surface area contributed by atoms with Gasteiger partial charge in [-0.15, -0.1) is 0 Å². The van der Waals surface area contributed by atoms with Crippen molar-refractivity contribution in [2.75, 3.05) is 32.1 Å². The third-order valence-corrected chi connectivity index (χ3v) is 6.09. The van der Waals surface area contributed by atoms with Crippen molar-refractivity contribution >= 4 is 27.2 Å². The van der Waals surface area contributed by atoms with Crippen LogP contribution in [0.5, 0.6) is 0 Å². The van der Waals surface area contributed by atoms with E-state index in [0.717, 1.165) is 0 Å². The van der Waals surface area contributed by atoms with E-state index in [4.69, 9.17) is 10.5 Å². The molecule has 2 aromatic carbocycles. The SMILES string of the molecule is CCNc1ccc2c(c1)C(=O)c1ccc(C(=NCCN)OC)cc1S2(=O)=O. The Morgan fingerprint density at radius 3 is 2.59 bits per heavy atom. The van der Waals surface area contributed by atoms with E-state index in [0.29, 0.717) is 30.9 Å². The number of aliphatic imine (C=N–C) groups is 1. The van der Waals surface area contributed by atoms with Crippen molar-refractivity contribution in [3.8, 4) is 0 Å². The number of benzene rings is 2. The van der Waals surface area contributed by atoms with Crippen LogP contribution in [0.15, 0.2) is 51.2 Å². The zero-order chi connectivity index (χ0) is 19.6. The second kappa shape index (κ2) is 7.50. The normalized spacial score (nSPS) is 15.1. The molecule has 27 heavy (non-hydrogen) atoms. The zero-order valence-electron chi connectivity index (χ0n) is 15.2. The minimum absolute atomic E-state index is 0.0108. The molecule has 0 bridgehead atoms. The molecular weight excluding hydrogens is 366 g/mol. The standard InChI is InChI=1S/C19H21N3O4S/c1-3-21-13-5-7-16-15(11-13)18(23)14-6-4-12(10-17(14)27(16,24)25)19(26-2)22-9-8-20/h4-7,10-11,21H,3,8-9,20H2,1-2H3. The number of ketones is 1. The molecule has 1 aliphatic heterocycles. The van der Waals surface area contributed by atoms with Crippen molar-refractivity contribution < 1.29 is 17.9 Å². The summed E-state index contributed by atoms with van der Waals surface area (Å²) in [6.07, 6.45) is 0. The Hall–Kier alpha value is -2.71. The Bertz CT molecular complexity index is 1030. The maximum Gasteiger partial charge on any atom is 0.215 e. The van der Waals surface area contributed by atoms with Gasteiger partial charge in [-0.3, -0.25) is 4.79 Å². The van der Waals surface area contributed by atoms with E-state index in [1.807, 2.05) is 6.92 Å². The van der Waals surface area contributed by atoms with Crippen LogP contribution in [0, 0.1) is 0 Å². The van der Waals surface area contributed by atoms with Crippen LogP contribution in [-0.2, 0) is 14.6 Å². The molecule has 0 atom stereocenters. The summed E-state index contributed by atoms with van der Waals surface area (Å²) in [6, 6.07) is 9.28. The number of nitrogens with two attached hydrogens (primary N) is 1. The van der Waals surface area contributed by atoms with Crippen LogP contribution < -0.4 is 11.1 Å².